The monoisotopic (exact) mass is 348 g/mol. The Balaban J connectivity index is 1.79. The van der Waals surface area contributed by atoms with Gasteiger partial charge in [0, 0.05) is 17.1 Å². The summed E-state index contributed by atoms with van der Waals surface area (Å²) in [4.78, 5) is 11.8. The summed E-state index contributed by atoms with van der Waals surface area (Å²) in [5.41, 5.74) is 2.78. The predicted molar refractivity (Wildman–Crippen MR) is 94.8 cm³/mol. The zero-order chi connectivity index (χ0) is 17.5. The number of para-hydroxylation sites is 1. The molecule has 0 aliphatic carbocycles. The van der Waals surface area contributed by atoms with Gasteiger partial charge in [-0.1, -0.05) is 29.8 Å². The highest BCUT2D eigenvalue weighted by Crippen LogP contribution is 2.25. The van der Waals surface area contributed by atoms with E-state index >= 15 is 0 Å². The van der Waals surface area contributed by atoms with Crippen LogP contribution in [0.15, 0.2) is 36.4 Å². The van der Waals surface area contributed by atoms with Gasteiger partial charge in [-0.15, -0.1) is 0 Å². The van der Waals surface area contributed by atoms with Gasteiger partial charge in [0.2, 0.25) is 0 Å². The highest BCUT2D eigenvalue weighted by molar-refractivity contribution is 6.32. The van der Waals surface area contributed by atoms with Crippen molar-refractivity contribution in [1.82, 2.24) is 10.6 Å². The lowest BCUT2D eigenvalue weighted by Gasteiger charge is -2.12. The van der Waals surface area contributed by atoms with Crippen LogP contribution in [0.4, 0.5) is 4.79 Å². The Morgan fingerprint density at radius 3 is 2.46 bits per heavy atom. The lowest BCUT2D eigenvalue weighted by atomic mass is 10.1. The molecule has 2 amide bonds. The van der Waals surface area contributed by atoms with Crippen LogP contribution >= 0.6 is 11.6 Å². The molecule has 0 unspecified atom stereocenters. The highest BCUT2D eigenvalue weighted by atomic mass is 35.5. The summed E-state index contributed by atoms with van der Waals surface area (Å²) >= 11 is 6.11. The van der Waals surface area contributed by atoms with E-state index < -0.39 is 0 Å². The molecule has 0 radical (unpaired) electrons. The van der Waals surface area contributed by atoms with Gasteiger partial charge < -0.3 is 20.1 Å². The second kappa shape index (κ2) is 8.45. The third-order valence-corrected chi connectivity index (χ3v) is 4.11. The maximum atomic E-state index is 11.8. The van der Waals surface area contributed by atoms with Gasteiger partial charge >= 0.3 is 6.03 Å². The predicted octanol–water partition coefficient (Wildman–Crippen LogP) is 3.80. The van der Waals surface area contributed by atoms with Crippen molar-refractivity contribution < 1.29 is 14.3 Å². The van der Waals surface area contributed by atoms with Gasteiger partial charge in [-0.2, -0.15) is 0 Å². The Morgan fingerprint density at radius 1 is 1.12 bits per heavy atom. The van der Waals surface area contributed by atoms with Crippen molar-refractivity contribution in [3.63, 3.8) is 0 Å². The number of ether oxygens (including phenoxy) is 2. The number of hydrogen-bond donors (Lipinski definition) is 2. The lowest BCUT2D eigenvalue weighted by molar-refractivity contribution is 0.223. The van der Waals surface area contributed by atoms with E-state index in [4.69, 9.17) is 21.1 Å². The lowest BCUT2D eigenvalue weighted by Crippen LogP contribution is -2.37. The van der Waals surface area contributed by atoms with Gasteiger partial charge in [-0.25, -0.2) is 4.79 Å². The third-order valence-electron chi connectivity index (χ3n) is 3.51. The molecule has 2 aromatic carbocycles. The van der Waals surface area contributed by atoms with Crippen LogP contribution in [-0.2, 0) is 6.54 Å². The maximum absolute atomic E-state index is 11.8. The topological polar surface area (TPSA) is 59.6 Å². The molecular weight excluding hydrogens is 328 g/mol. The minimum atomic E-state index is -0.316. The van der Waals surface area contributed by atoms with Crippen molar-refractivity contribution in [2.45, 2.75) is 20.4 Å². The fourth-order valence-corrected chi connectivity index (χ4v) is 2.37. The van der Waals surface area contributed by atoms with Crippen LogP contribution in [-0.4, -0.2) is 19.9 Å². The molecule has 0 saturated carbocycles. The summed E-state index contributed by atoms with van der Waals surface area (Å²) in [5, 5.41) is 6.13. The third kappa shape index (κ3) is 4.80. The van der Waals surface area contributed by atoms with E-state index in [1.165, 1.54) is 0 Å². The molecule has 2 rings (SSSR count). The normalized spacial score (nSPS) is 10.2. The Kier molecular flexibility index (Phi) is 6.32. The molecule has 24 heavy (non-hydrogen) atoms. The SMILES string of the molecule is COc1ccccc1CNC(=O)NCOc1cc(C)c(Cl)c(C)c1. The Morgan fingerprint density at radius 2 is 1.79 bits per heavy atom. The number of halogens is 1. The van der Waals surface area contributed by atoms with Gasteiger partial charge in [0.1, 0.15) is 11.5 Å². The maximum Gasteiger partial charge on any atom is 0.317 e. The van der Waals surface area contributed by atoms with Gasteiger partial charge in [-0.3, -0.25) is 0 Å². The minimum Gasteiger partial charge on any atom is -0.496 e. The molecule has 6 heteroatoms. The number of hydrogen-bond acceptors (Lipinski definition) is 3. The molecule has 0 bridgehead atoms. The molecule has 0 aliphatic rings. The standard InChI is InChI=1S/C18H21ClN2O3/c1-12-8-15(9-13(2)17(12)19)24-11-21-18(22)20-10-14-6-4-5-7-16(14)23-3/h4-9H,10-11H2,1-3H3,(H2,20,21,22). The molecule has 0 fully saturated rings. The van der Waals surface area contributed by atoms with Gasteiger partial charge in [0.25, 0.3) is 0 Å². The van der Waals surface area contributed by atoms with E-state index in [0.29, 0.717) is 12.3 Å². The molecule has 5 nitrogen and oxygen atoms in total. The van der Waals surface area contributed by atoms with E-state index in [9.17, 15) is 4.79 Å². The second-order valence-electron chi connectivity index (χ2n) is 5.33. The van der Waals surface area contributed by atoms with Crippen LogP contribution < -0.4 is 20.1 Å². The van der Waals surface area contributed by atoms with Gasteiger partial charge in [-0.05, 0) is 43.2 Å². The largest absolute Gasteiger partial charge is 0.496 e. The smallest absolute Gasteiger partial charge is 0.317 e. The molecule has 0 aromatic heterocycles. The number of rotatable bonds is 6. The number of nitrogens with one attached hydrogen (secondary N) is 2. The van der Waals surface area contributed by atoms with E-state index in [1.54, 1.807) is 7.11 Å². The molecule has 0 saturated heterocycles. The number of aryl methyl sites for hydroxylation is 2. The van der Waals surface area contributed by atoms with Crippen LogP contribution in [0.1, 0.15) is 16.7 Å². The molecule has 0 aliphatic heterocycles. The zero-order valence-corrected chi connectivity index (χ0v) is 14.7. The molecule has 0 atom stereocenters. The average molecular weight is 349 g/mol. The van der Waals surface area contributed by atoms with Crippen molar-refractivity contribution in [3.8, 4) is 11.5 Å². The quantitative estimate of drug-likeness (QED) is 0.780. The Hall–Kier alpha value is -2.40. The van der Waals surface area contributed by atoms with Crippen LogP contribution in [0, 0.1) is 13.8 Å². The fourth-order valence-electron chi connectivity index (χ4n) is 2.26. The summed E-state index contributed by atoms with van der Waals surface area (Å²) in [7, 11) is 1.60. The van der Waals surface area contributed by atoms with Crippen molar-refractivity contribution in [3.05, 3.63) is 58.1 Å². The first-order valence-electron chi connectivity index (χ1n) is 7.54. The molecule has 0 spiro atoms. The van der Waals surface area contributed by atoms with Crippen molar-refractivity contribution in [1.29, 1.82) is 0 Å². The number of amides is 2. The average Bonchev–Trinajstić information content (AvgIpc) is 2.58. The van der Waals surface area contributed by atoms with Crippen molar-refractivity contribution in [2.24, 2.45) is 0 Å². The summed E-state index contributed by atoms with van der Waals surface area (Å²) in [5.74, 6) is 1.40. The van der Waals surface area contributed by atoms with E-state index in [0.717, 1.165) is 27.5 Å². The highest BCUT2D eigenvalue weighted by Gasteiger charge is 2.06. The first kappa shape index (κ1) is 17.9. The molecule has 128 valence electrons. The fraction of sp³-hybridized carbons (Fsp3) is 0.278. The van der Waals surface area contributed by atoms with Crippen LogP contribution in [0.3, 0.4) is 0 Å². The van der Waals surface area contributed by atoms with Crippen molar-refractivity contribution in [2.75, 3.05) is 13.8 Å². The molecule has 2 aromatic rings. The zero-order valence-electron chi connectivity index (χ0n) is 14.0. The molecular formula is C18H21ClN2O3. The first-order valence-corrected chi connectivity index (χ1v) is 7.92. The number of benzene rings is 2. The first-order chi connectivity index (χ1) is 11.5. The Labute approximate surface area is 146 Å². The second-order valence-corrected chi connectivity index (χ2v) is 5.71. The summed E-state index contributed by atoms with van der Waals surface area (Å²) in [6, 6.07) is 10.9. The van der Waals surface area contributed by atoms with Crippen molar-refractivity contribution >= 4 is 17.6 Å². The minimum absolute atomic E-state index is 0.0677. The Bertz CT molecular complexity index is 696. The molecule has 2 N–H and O–H groups in total. The van der Waals surface area contributed by atoms with Gasteiger partial charge in [0.15, 0.2) is 6.73 Å². The van der Waals surface area contributed by atoms with E-state index in [-0.39, 0.29) is 12.8 Å². The van der Waals surface area contributed by atoms with Crippen LogP contribution in [0.5, 0.6) is 11.5 Å². The van der Waals surface area contributed by atoms with Crippen LogP contribution in [0.2, 0.25) is 5.02 Å². The number of methoxy groups -OCH3 is 1. The summed E-state index contributed by atoms with van der Waals surface area (Å²) in [6.07, 6.45) is 0. The van der Waals surface area contributed by atoms with E-state index in [1.807, 2.05) is 50.2 Å². The summed E-state index contributed by atoms with van der Waals surface area (Å²) < 4.78 is 10.8. The molecule has 0 heterocycles. The summed E-state index contributed by atoms with van der Waals surface area (Å²) in [6.45, 7) is 4.26. The van der Waals surface area contributed by atoms with E-state index in [2.05, 4.69) is 10.6 Å². The number of carbonyl (C=O) groups is 1. The number of carbonyl (C=O) groups excluding carboxylic acids is 1. The van der Waals surface area contributed by atoms with Crippen LogP contribution in [0.25, 0.3) is 0 Å². The van der Waals surface area contributed by atoms with Gasteiger partial charge in [0.05, 0.1) is 7.11 Å². The number of urea groups is 1.